The molecule has 0 bridgehead atoms. The van der Waals surface area contributed by atoms with Crippen LogP contribution < -0.4 is 11.1 Å². The third-order valence-electron chi connectivity index (χ3n) is 2.02. The number of carbonyl (C=O) groups is 2. The number of nitrogens with two attached hydrogens (primary N) is 1. The maximum absolute atomic E-state index is 11.8. The molecule has 1 aromatic rings. The summed E-state index contributed by atoms with van der Waals surface area (Å²) in [4.78, 5) is 24.4. The van der Waals surface area contributed by atoms with Gasteiger partial charge in [0.25, 0.3) is 5.91 Å². The Morgan fingerprint density at radius 2 is 1.88 bits per heavy atom. The summed E-state index contributed by atoms with van der Waals surface area (Å²) < 4.78 is 0. The van der Waals surface area contributed by atoms with Crippen molar-refractivity contribution in [1.29, 1.82) is 0 Å². The van der Waals surface area contributed by atoms with E-state index in [1.165, 1.54) is 4.90 Å². The molecule has 0 saturated carbocycles. The molecule has 0 unspecified atom stereocenters. The van der Waals surface area contributed by atoms with E-state index in [0.29, 0.717) is 11.3 Å². The van der Waals surface area contributed by atoms with Gasteiger partial charge in [0, 0.05) is 14.1 Å². The van der Waals surface area contributed by atoms with Crippen LogP contribution in [0.25, 0.3) is 0 Å². The minimum Gasteiger partial charge on any atom is -0.345 e. The second kappa shape index (κ2) is 6.88. The quantitative estimate of drug-likeness (QED) is 0.837. The van der Waals surface area contributed by atoms with Gasteiger partial charge in [-0.05, 0) is 12.1 Å². The predicted molar refractivity (Wildman–Crippen MR) is 69.4 cm³/mol. The van der Waals surface area contributed by atoms with Crippen molar-refractivity contribution in [2.24, 2.45) is 5.73 Å². The second-order valence-corrected chi connectivity index (χ2v) is 3.50. The van der Waals surface area contributed by atoms with Gasteiger partial charge in [-0.2, -0.15) is 0 Å². The summed E-state index contributed by atoms with van der Waals surface area (Å²) in [5, 5.41) is 2.58. The molecule has 17 heavy (non-hydrogen) atoms. The van der Waals surface area contributed by atoms with Gasteiger partial charge in [0.1, 0.15) is 0 Å². The van der Waals surface area contributed by atoms with Crippen molar-refractivity contribution in [1.82, 2.24) is 4.90 Å². The molecule has 0 spiro atoms. The molecule has 0 heterocycles. The molecule has 5 nitrogen and oxygen atoms in total. The topological polar surface area (TPSA) is 75.4 Å². The number of halogens is 1. The Labute approximate surface area is 106 Å². The van der Waals surface area contributed by atoms with Gasteiger partial charge in [0.2, 0.25) is 5.91 Å². The lowest BCUT2D eigenvalue weighted by atomic mass is 10.1. The first kappa shape index (κ1) is 15.4. The number of rotatable bonds is 3. The first-order valence-corrected chi connectivity index (χ1v) is 4.87. The molecule has 6 heteroatoms. The van der Waals surface area contributed by atoms with Crippen molar-refractivity contribution in [2.75, 3.05) is 26.0 Å². The number of nitrogens with zero attached hydrogens (tertiary/aromatic N) is 1. The molecule has 0 fully saturated rings. The molecule has 0 aliphatic rings. The zero-order valence-electron chi connectivity index (χ0n) is 9.77. The van der Waals surface area contributed by atoms with Crippen LogP contribution in [0.1, 0.15) is 10.4 Å². The van der Waals surface area contributed by atoms with E-state index in [1.54, 1.807) is 38.4 Å². The second-order valence-electron chi connectivity index (χ2n) is 3.50. The van der Waals surface area contributed by atoms with Crippen LogP contribution >= 0.6 is 12.4 Å². The van der Waals surface area contributed by atoms with E-state index in [-0.39, 0.29) is 30.8 Å². The van der Waals surface area contributed by atoms with Gasteiger partial charge in [-0.1, -0.05) is 12.1 Å². The van der Waals surface area contributed by atoms with Gasteiger partial charge in [0.15, 0.2) is 0 Å². The molecule has 94 valence electrons. The van der Waals surface area contributed by atoms with E-state index in [1.807, 2.05) is 0 Å². The zero-order valence-corrected chi connectivity index (χ0v) is 10.6. The summed E-state index contributed by atoms with van der Waals surface area (Å²) in [7, 11) is 3.31. The molecule has 2 amide bonds. The molecular formula is C11H16ClN3O2. The minimum atomic E-state index is -0.320. The molecule has 1 aromatic carbocycles. The normalized spacial score (nSPS) is 9.12. The van der Waals surface area contributed by atoms with Crippen LogP contribution in [-0.4, -0.2) is 37.4 Å². The van der Waals surface area contributed by atoms with Crippen LogP contribution in [0, 0.1) is 0 Å². The molecule has 0 saturated heterocycles. The van der Waals surface area contributed by atoms with Crippen LogP contribution in [0.15, 0.2) is 24.3 Å². The Hall–Kier alpha value is -1.59. The lowest BCUT2D eigenvalue weighted by Gasteiger charge is -2.14. The average molecular weight is 258 g/mol. The van der Waals surface area contributed by atoms with Gasteiger partial charge in [-0.15, -0.1) is 12.4 Å². The van der Waals surface area contributed by atoms with Crippen LogP contribution in [0.5, 0.6) is 0 Å². The monoisotopic (exact) mass is 257 g/mol. The van der Waals surface area contributed by atoms with Crippen LogP contribution in [-0.2, 0) is 4.79 Å². The molecular weight excluding hydrogens is 242 g/mol. The summed E-state index contributed by atoms with van der Waals surface area (Å²) in [6, 6.07) is 6.83. The lowest BCUT2D eigenvalue weighted by Crippen LogP contribution is -2.26. The standard InChI is InChI=1S/C11H15N3O2.ClH/c1-14(2)11(16)8-5-3-4-6-9(8)13-10(15)7-12;/h3-6H,7,12H2,1-2H3,(H,13,15);1H. The fourth-order valence-corrected chi connectivity index (χ4v) is 1.22. The molecule has 1 rings (SSSR count). The van der Waals surface area contributed by atoms with Gasteiger partial charge in [-0.25, -0.2) is 0 Å². The maximum Gasteiger partial charge on any atom is 0.255 e. The third kappa shape index (κ3) is 4.05. The number of hydrogen-bond donors (Lipinski definition) is 2. The largest absolute Gasteiger partial charge is 0.345 e. The van der Waals surface area contributed by atoms with Gasteiger partial charge in [0.05, 0.1) is 17.8 Å². The SMILES string of the molecule is CN(C)C(=O)c1ccccc1NC(=O)CN.Cl. The van der Waals surface area contributed by atoms with Crippen LogP contribution in [0.2, 0.25) is 0 Å². The van der Waals surface area contributed by atoms with Crippen molar-refractivity contribution in [2.45, 2.75) is 0 Å². The van der Waals surface area contributed by atoms with Crippen molar-refractivity contribution in [3.63, 3.8) is 0 Å². The van der Waals surface area contributed by atoms with Gasteiger partial charge < -0.3 is 16.0 Å². The predicted octanol–water partition coefficient (Wildman–Crippen LogP) is 0.707. The number of para-hydroxylation sites is 1. The molecule has 0 radical (unpaired) electrons. The zero-order chi connectivity index (χ0) is 12.1. The summed E-state index contributed by atoms with van der Waals surface area (Å²) in [5.41, 5.74) is 6.13. The highest BCUT2D eigenvalue weighted by Gasteiger charge is 2.13. The van der Waals surface area contributed by atoms with Crippen LogP contribution in [0.4, 0.5) is 5.69 Å². The summed E-state index contributed by atoms with van der Waals surface area (Å²) in [6.45, 7) is -0.107. The van der Waals surface area contributed by atoms with Crippen molar-refractivity contribution in [3.05, 3.63) is 29.8 Å². The van der Waals surface area contributed by atoms with E-state index in [4.69, 9.17) is 5.73 Å². The maximum atomic E-state index is 11.8. The molecule has 0 aromatic heterocycles. The number of nitrogens with one attached hydrogen (secondary N) is 1. The van der Waals surface area contributed by atoms with Crippen LogP contribution in [0.3, 0.4) is 0 Å². The highest BCUT2D eigenvalue weighted by Crippen LogP contribution is 2.16. The molecule has 0 atom stereocenters. The fourth-order valence-electron chi connectivity index (χ4n) is 1.22. The highest BCUT2D eigenvalue weighted by molar-refractivity contribution is 6.03. The van der Waals surface area contributed by atoms with Crippen molar-refractivity contribution in [3.8, 4) is 0 Å². The highest BCUT2D eigenvalue weighted by atomic mass is 35.5. The van der Waals surface area contributed by atoms with Crippen molar-refractivity contribution < 1.29 is 9.59 Å². The van der Waals surface area contributed by atoms with Crippen molar-refractivity contribution >= 4 is 29.9 Å². The van der Waals surface area contributed by atoms with E-state index in [2.05, 4.69) is 5.32 Å². The number of amides is 2. The Morgan fingerprint density at radius 3 is 2.41 bits per heavy atom. The third-order valence-corrected chi connectivity index (χ3v) is 2.02. The molecule has 3 N–H and O–H groups in total. The number of hydrogen-bond acceptors (Lipinski definition) is 3. The number of benzene rings is 1. The Morgan fingerprint density at radius 1 is 1.29 bits per heavy atom. The number of anilines is 1. The van der Waals surface area contributed by atoms with E-state index in [9.17, 15) is 9.59 Å². The first-order valence-electron chi connectivity index (χ1n) is 4.87. The summed E-state index contributed by atoms with van der Waals surface area (Å²) >= 11 is 0. The van der Waals surface area contributed by atoms with E-state index < -0.39 is 0 Å². The Balaban J connectivity index is 0.00000256. The molecule has 0 aliphatic carbocycles. The van der Waals surface area contributed by atoms with E-state index in [0.717, 1.165) is 0 Å². The Bertz CT molecular complexity index is 407. The summed E-state index contributed by atoms with van der Waals surface area (Å²) in [5.74, 6) is -0.480. The molecule has 0 aliphatic heterocycles. The Kier molecular flexibility index (Phi) is 6.23. The smallest absolute Gasteiger partial charge is 0.255 e. The number of carbonyl (C=O) groups excluding carboxylic acids is 2. The minimum absolute atomic E-state index is 0. The van der Waals surface area contributed by atoms with Gasteiger partial charge >= 0.3 is 0 Å². The average Bonchev–Trinajstić information content (AvgIpc) is 2.28. The first-order chi connectivity index (χ1) is 7.56. The van der Waals surface area contributed by atoms with Gasteiger partial charge in [-0.3, -0.25) is 9.59 Å². The van der Waals surface area contributed by atoms with E-state index >= 15 is 0 Å². The lowest BCUT2D eigenvalue weighted by molar-refractivity contribution is -0.114. The summed E-state index contributed by atoms with van der Waals surface area (Å²) in [6.07, 6.45) is 0. The fraction of sp³-hybridized carbons (Fsp3) is 0.273.